The van der Waals surface area contributed by atoms with Crippen LogP contribution in [-0.2, 0) is 9.53 Å². The molecule has 0 saturated heterocycles. The Morgan fingerprint density at radius 3 is 2.46 bits per heavy atom. The Morgan fingerprint density at radius 1 is 1.21 bits per heavy atom. The van der Waals surface area contributed by atoms with E-state index in [1.165, 1.54) is 18.6 Å². The number of nitrogens with one attached hydrogen (secondary N) is 3. The minimum Gasteiger partial charge on any atom is -0.472 e. The van der Waals surface area contributed by atoms with Gasteiger partial charge in [0.1, 0.15) is 17.9 Å². The van der Waals surface area contributed by atoms with Crippen molar-refractivity contribution in [1.82, 2.24) is 16.0 Å². The van der Waals surface area contributed by atoms with Crippen molar-refractivity contribution < 1.29 is 23.5 Å². The molecule has 3 amide bonds. The predicted molar refractivity (Wildman–Crippen MR) is 104 cm³/mol. The third kappa shape index (κ3) is 6.90. The van der Waals surface area contributed by atoms with E-state index in [1.54, 1.807) is 27.7 Å². The number of rotatable bonds is 7. The van der Waals surface area contributed by atoms with Gasteiger partial charge in [-0.25, -0.2) is 4.79 Å². The van der Waals surface area contributed by atoms with Crippen molar-refractivity contribution >= 4 is 17.9 Å². The number of alkyl carbamates (subject to hydrolysis) is 1. The lowest BCUT2D eigenvalue weighted by molar-refractivity contribution is -0.123. The Bertz CT molecular complexity index is 660. The minimum atomic E-state index is -0.715. The lowest BCUT2D eigenvalue weighted by Crippen LogP contribution is -2.53. The van der Waals surface area contributed by atoms with Gasteiger partial charge in [0, 0.05) is 12.6 Å². The molecule has 1 heterocycles. The molecular weight excluding hydrogens is 362 g/mol. The smallest absolute Gasteiger partial charge is 0.407 e. The summed E-state index contributed by atoms with van der Waals surface area (Å²) in [6.45, 7) is 7.31. The molecule has 1 aromatic heterocycles. The molecule has 8 nitrogen and oxygen atoms in total. The molecule has 2 atom stereocenters. The van der Waals surface area contributed by atoms with Gasteiger partial charge in [-0.1, -0.05) is 12.8 Å². The van der Waals surface area contributed by atoms with Gasteiger partial charge in [0.05, 0.1) is 11.8 Å². The van der Waals surface area contributed by atoms with Gasteiger partial charge in [0.15, 0.2) is 0 Å². The van der Waals surface area contributed by atoms with Gasteiger partial charge in [-0.3, -0.25) is 9.59 Å². The van der Waals surface area contributed by atoms with Crippen molar-refractivity contribution in [3.8, 4) is 0 Å². The second-order valence-corrected chi connectivity index (χ2v) is 8.25. The molecule has 1 aliphatic carbocycles. The van der Waals surface area contributed by atoms with Crippen molar-refractivity contribution in [3.05, 3.63) is 24.2 Å². The highest BCUT2D eigenvalue weighted by molar-refractivity contribution is 5.97. The van der Waals surface area contributed by atoms with E-state index in [4.69, 9.17) is 9.15 Å². The van der Waals surface area contributed by atoms with Crippen LogP contribution in [0.2, 0.25) is 0 Å². The molecule has 1 aliphatic rings. The fraction of sp³-hybridized carbons (Fsp3) is 0.650. The van der Waals surface area contributed by atoms with Crippen LogP contribution in [0.3, 0.4) is 0 Å². The molecule has 0 aliphatic heterocycles. The van der Waals surface area contributed by atoms with Gasteiger partial charge in [-0.2, -0.15) is 0 Å². The molecule has 0 radical (unpaired) electrons. The van der Waals surface area contributed by atoms with Gasteiger partial charge in [0.2, 0.25) is 5.91 Å². The summed E-state index contributed by atoms with van der Waals surface area (Å²) in [5.74, 6) is -0.379. The Hall–Kier alpha value is -2.51. The van der Waals surface area contributed by atoms with Crippen LogP contribution in [0.1, 0.15) is 63.7 Å². The maximum atomic E-state index is 12.6. The number of carbonyl (C=O) groups excluding carboxylic acids is 3. The first-order chi connectivity index (χ1) is 13.2. The summed E-state index contributed by atoms with van der Waals surface area (Å²) in [6.07, 6.45) is 6.43. The summed E-state index contributed by atoms with van der Waals surface area (Å²) in [6, 6.07) is 0.607. The van der Waals surface area contributed by atoms with Crippen molar-refractivity contribution in [3.63, 3.8) is 0 Å². The zero-order valence-electron chi connectivity index (χ0n) is 17.0. The quantitative estimate of drug-likeness (QED) is 0.660. The Balaban J connectivity index is 1.90. The molecule has 2 rings (SSSR count). The predicted octanol–water partition coefficient (Wildman–Crippen LogP) is 2.60. The summed E-state index contributed by atoms with van der Waals surface area (Å²) in [5.41, 5.74) is -0.221. The van der Waals surface area contributed by atoms with E-state index in [2.05, 4.69) is 16.0 Å². The summed E-state index contributed by atoms with van der Waals surface area (Å²) in [7, 11) is 0. The largest absolute Gasteiger partial charge is 0.472 e. The fourth-order valence-electron chi connectivity index (χ4n) is 3.25. The van der Waals surface area contributed by atoms with Crippen molar-refractivity contribution in [1.29, 1.82) is 0 Å². The number of ether oxygens (including phenoxy) is 1. The van der Waals surface area contributed by atoms with Crippen LogP contribution >= 0.6 is 0 Å². The Morgan fingerprint density at radius 2 is 1.89 bits per heavy atom. The molecule has 2 unspecified atom stereocenters. The van der Waals surface area contributed by atoms with Crippen molar-refractivity contribution in [2.75, 3.05) is 6.54 Å². The molecule has 1 saturated carbocycles. The van der Waals surface area contributed by atoms with Gasteiger partial charge in [0.25, 0.3) is 5.91 Å². The van der Waals surface area contributed by atoms with Crippen LogP contribution in [0.15, 0.2) is 23.0 Å². The van der Waals surface area contributed by atoms with Crippen LogP contribution in [0, 0.1) is 5.92 Å². The Labute approximate surface area is 165 Å². The molecule has 0 bridgehead atoms. The molecule has 1 aromatic rings. The zero-order valence-corrected chi connectivity index (χ0v) is 17.0. The third-order valence-corrected chi connectivity index (χ3v) is 4.69. The van der Waals surface area contributed by atoms with Crippen LogP contribution in [0.4, 0.5) is 4.79 Å². The maximum Gasteiger partial charge on any atom is 0.407 e. The number of hydrogen-bond acceptors (Lipinski definition) is 5. The summed E-state index contributed by atoms with van der Waals surface area (Å²) < 4.78 is 10.2. The molecule has 8 heteroatoms. The fourth-order valence-corrected chi connectivity index (χ4v) is 3.25. The topological polar surface area (TPSA) is 110 Å². The lowest BCUT2D eigenvalue weighted by Gasteiger charge is -2.27. The van der Waals surface area contributed by atoms with Gasteiger partial charge in [-0.15, -0.1) is 0 Å². The van der Waals surface area contributed by atoms with E-state index in [0.29, 0.717) is 5.56 Å². The van der Waals surface area contributed by atoms with Gasteiger partial charge in [-0.05, 0) is 52.5 Å². The van der Waals surface area contributed by atoms with E-state index in [9.17, 15) is 14.4 Å². The standard InChI is InChI=1S/C20H31N3O5/c1-13(22-18(25)15-9-10-27-12-15)17(24)23-16(14-7-5-6-8-14)11-21-19(26)28-20(2,3)4/h9-10,12-14,16H,5-8,11H2,1-4H3,(H,21,26)(H,22,25)(H,23,24). The number of carbonyl (C=O) groups is 3. The molecular formula is C20H31N3O5. The second kappa shape index (κ2) is 9.61. The Kier molecular flexibility index (Phi) is 7.48. The van der Waals surface area contributed by atoms with Crippen molar-refractivity contribution in [2.45, 2.75) is 71.1 Å². The zero-order chi connectivity index (χ0) is 20.7. The summed E-state index contributed by atoms with van der Waals surface area (Å²) in [5, 5.41) is 8.38. The molecule has 0 spiro atoms. The normalized spacial score (nSPS) is 16.9. The highest BCUT2D eigenvalue weighted by atomic mass is 16.6. The molecule has 28 heavy (non-hydrogen) atoms. The average molecular weight is 393 g/mol. The lowest BCUT2D eigenvalue weighted by atomic mass is 9.97. The minimum absolute atomic E-state index is 0.212. The molecule has 156 valence electrons. The van der Waals surface area contributed by atoms with E-state index in [-0.39, 0.29) is 30.3 Å². The van der Waals surface area contributed by atoms with Crippen LogP contribution in [0.25, 0.3) is 0 Å². The van der Waals surface area contributed by atoms with Crippen LogP contribution < -0.4 is 16.0 Å². The average Bonchev–Trinajstić information content (AvgIpc) is 3.29. The molecule has 0 aromatic carbocycles. The summed E-state index contributed by atoms with van der Waals surface area (Å²) >= 11 is 0. The van der Waals surface area contributed by atoms with Crippen molar-refractivity contribution in [2.24, 2.45) is 5.92 Å². The number of amides is 3. The van der Waals surface area contributed by atoms with E-state index in [1.807, 2.05) is 0 Å². The first kappa shape index (κ1) is 21.8. The van der Waals surface area contributed by atoms with E-state index >= 15 is 0 Å². The van der Waals surface area contributed by atoms with Crippen LogP contribution in [0.5, 0.6) is 0 Å². The molecule has 1 fully saturated rings. The van der Waals surface area contributed by atoms with Gasteiger partial charge >= 0.3 is 6.09 Å². The van der Waals surface area contributed by atoms with Crippen LogP contribution in [-0.4, -0.2) is 42.1 Å². The number of hydrogen-bond donors (Lipinski definition) is 3. The highest BCUT2D eigenvalue weighted by Gasteiger charge is 2.29. The SMILES string of the molecule is CC(NC(=O)c1ccoc1)C(=O)NC(CNC(=O)OC(C)(C)C)C1CCCC1. The first-order valence-corrected chi connectivity index (χ1v) is 9.76. The number of furan rings is 1. The maximum absolute atomic E-state index is 12.6. The third-order valence-electron chi connectivity index (χ3n) is 4.69. The highest BCUT2D eigenvalue weighted by Crippen LogP contribution is 2.27. The van der Waals surface area contributed by atoms with Gasteiger partial charge < -0.3 is 25.1 Å². The molecule has 3 N–H and O–H groups in total. The van der Waals surface area contributed by atoms with E-state index in [0.717, 1.165) is 25.7 Å². The van der Waals surface area contributed by atoms with E-state index < -0.39 is 17.7 Å². The summed E-state index contributed by atoms with van der Waals surface area (Å²) in [4.78, 5) is 36.6. The second-order valence-electron chi connectivity index (χ2n) is 8.25. The monoisotopic (exact) mass is 393 g/mol. The first-order valence-electron chi connectivity index (χ1n) is 9.76.